The molecule has 2 atom stereocenters. The summed E-state index contributed by atoms with van der Waals surface area (Å²) in [6.07, 6.45) is 8.43. The van der Waals surface area contributed by atoms with Gasteiger partial charge in [-0.3, -0.25) is 4.79 Å². The van der Waals surface area contributed by atoms with Gasteiger partial charge in [0.1, 0.15) is 0 Å². The first-order chi connectivity index (χ1) is 7.02. The van der Waals surface area contributed by atoms with Crippen LogP contribution in [0.25, 0.3) is 0 Å². The Morgan fingerprint density at radius 1 is 1.40 bits per heavy atom. The highest BCUT2D eigenvalue weighted by atomic mass is 16.1. The summed E-state index contributed by atoms with van der Waals surface area (Å²) in [5.41, 5.74) is -0.0983. The van der Waals surface area contributed by atoms with E-state index in [-0.39, 0.29) is 5.41 Å². The minimum absolute atomic E-state index is 0.0983. The summed E-state index contributed by atoms with van der Waals surface area (Å²) in [5.74, 6) is 1.52. The first-order valence-electron chi connectivity index (χ1n) is 6.19. The van der Waals surface area contributed by atoms with E-state index in [9.17, 15) is 4.79 Å². The van der Waals surface area contributed by atoms with Gasteiger partial charge in [-0.1, -0.05) is 39.7 Å². The maximum absolute atomic E-state index is 12.1. The van der Waals surface area contributed by atoms with E-state index in [1.54, 1.807) is 6.08 Å². The van der Waals surface area contributed by atoms with E-state index >= 15 is 0 Å². The van der Waals surface area contributed by atoms with E-state index in [4.69, 9.17) is 0 Å². The summed E-state index contributed by atoms with van der Waals surface area (Å²) >= 11 is 0. The van der Waals surface area contributed by atoms with Crippen molar-refractivity contribution in [1.29, 1.82) is 0 Å². The molecule has 0 aromatic heterocycles. The molecule has 0 amide bonds. The Bertz CT molecular complexity index is 252. The lowest BCUT2D eigenvalue weighted by molar-refractivity contribution is -0.129. The fraction of sp³-hybridized carbons (Fsp3) is 0.786. The van der Waals surface area contributed by atoms with E-state index in [0.717, 1.165) is 6.42 Å². The van der Waals surface area contributed by atoms with Crippen molar-refractivity contribution in [2.24, 2.45) is 17.3 Å². The molecule has 86 valence electrons. The predicted molar refractivity (Wildman–Crippen MR) is 64.7 cm³/mol. The quantitative estimate of drug-likeness (QED) is 0.641. The van der Waals surface area contributed by atoms with Crippen LogP contribution in [0.2, 0.25) is 0 Å². The van der Waals surface area contributed by atoms with Gasteiger partial charge in [-0.15, -0.1) is 0 Å². The summed E-state index contributed by atoms with van der Waals surface area (Å²) in [7, 11) is 0. The lowest BCUT2D eigenvalue weighted by atomic mass is 9.61. The molecular formula is C14H24O. The van der Waals surface area contributed by atoms with Gasteiger partial charge in [-0.25, -0.2) is 0 Å². The molecule has 1 heteroatoms. The minimum atomic E-state index is -0.0983. The standard InChI is InChI=1S/C14H24O/c1-5-8-13(15)14(4)10-7-6-9-12(14)11(2)3/h5,8,11-12H,6-7,9-10H2,1-4H3. The number of rotatable bonds is 3. The highest BCUT2D eigenvalue weighted by Gasteiger charge is 2.42. The van der Waals surface area contributed by atoms with Gasteiger partial charge in [-0.2, -0.15) is 0 Å². The fourth-order valence-corrected chi connectivity index (χ4v) is 3.08. The Kier molecular flexibility index (Phi) is 4.12. The third-order valence-electron chi connectivity index (χ3n) is 3.97. The van der Waals surface area contributed by atoms with Gasteiger partial charge in [0.15, 0.2) is 5.78 Å². The Labute approximate surface area is 93.9 Å². The molecule has 1 nitrogen and oxygen atoms in total. The molecule has 0 aliphatic heterocycles. The van der Waals surface area contributed by atoms with Crippen LogP contribution in [0.5, 0.6) is 0 Å². The highest BCUT2D eigenvalue weighted by molar-refractivity contribution is 5.94. The molecule has 1 aliphatic rings. The van der Waals surface area contributed by atoms with Crippen LogP contribution in [0.15, 0.2) is 12.2 Å². The van der Waals surface area contributed by atoms with E-state index in [1.807, 2.05) is 13.0 Å². The van der Waals surface area contributed by atoms with Crippen LogP contribution in [-0.2, 0) is 4.79 Å². The molecule has 0 radical (unpaired) electrons. The van der Waals surface area contributed by atoms with Crippen LogP contribution in [0, 0.1) is 17.3 Å². The molecule has 0 aromatic rings. The van der Waals surface area contributed by atoms with Crippen molar-refractivity contribution < 1.29 is 4.79 Å². The lowest BCUT2D eigenvalue weighted by Crippen LogP contribution is -2.40. The second-order valence-corrected chi connectivity index (χ2v) is 5.38. The van der Waals surface area contributed by atoms with Crippen molar-refractivity contribution >= 4 is 5.78 Å². The van der Waals surface area contributed by atoms with E-state index in [1.165, 1.54) is 19.3 Å². The topological polar surface area (TPSA) is 17.1 Å². The van der Waals surface area contributed by atoms with Crippen molar-refractivity contribution in [2.75, 3.05) is 0 Å². The van der Waals surface area contributed by atoms with Gasteiger partial charge >= 0.3 is 0 Å². The average Bonchev–Trinajstić information content (AvgIpc) is 2.18. The first kappa shape index (κ1) is 12.5. The number of allylic oxidation sites excluding steroid dienone is 2. The highest BCUT2D eigenvalue weighted by Crippen LogP contribution is 2.45. The minimum Gasteiger partial charge on any atom is -0.294 e. The number of ketones is 1. The van der Waals surface area contributed by atoms with Gasteiger partial charge in [0.05, 0.1) is 0 Å². The molecule has 1 fully saturated rings. The lowest BCUT2D eigenvalue weighted by Gasteiger charge is -2.42. The number of carbonyl (C=O) groups excluding carboxylic acids is 1. The third-order valence-corrected chi connectivity index (χ3v) is 3.97. The molecule has 0 aromatic carbocycles. The normalized spacial score (nSPS) is 32.5. The van der Waals surface area contributed by atoms with E-state index < -0.39 is 0 Å². The molecule has 0 bridgehead atoms. The Morgan fingerprint density at radius 3 is 2.60 bits per heavy atom. The zero-order chi connectivity index (χ0) is 11.5. The second kappa shape index (κ2) is 4.96. The summed E-state index contributed by atoms with van der Waals surface area (Å²) in [5, 5.41) is 0. The Balaban J connectivity index is 2.89. The molecule has 0 N–H and O–H groups in total. The van der Waals surface area contributed by atoms with Crippen LogP contribution in [0.4, 0.5) is 0 Å². The van der Waals surface area contributed by atoms with Gasteiger partial charge in [0.25, 0.3) is 0 Å². The first-order valence-corrected chi connectivity index (χ1v) is 6.19. The zero-order valence-corrected chi connectivity index (χ0v) is 10.5. The monoisotopic (exact) mass is 208 g/mol. The van der Waals surface area contributed by atoms with Crippen LogP contribution in [0.1, 0.15) is 53.4 Å². The van der Waals surface area contributed by atoms with Crippen molar-refractivity contribution in [3.05, 3.63) is 12.2 Å². The largest absolute Gasteiger partial charge is 0.294 e. The molecule has 0 heterocycles. The smallest absolute Gasteiger partial charge is 0.161 e. The van der Waals surface area contributed by atoms with E-state index in [2.05, 4.69) is 20.8 Å². The zero-order valence-electron chi connectivity index (χ0n) is 10.5. The second-order valence-electron chi connectivity index (χ2n) is 5.38. The summed E-state index contributed by atoms with van der Waals surface area (Å²) in [4.78, 5) is 12.1. The van der Waals surface area contributed by atoms with Crippen LogP contribution in [-0.4, -0.2) is 5.78 Å². The summed E-state index contributed by atoms with van der Waals surface area (Å²) < 4.78 is 0. The summed E-state index contributed by atoms with van der Waals surface area (Å²) in [6.45, 7) is 8.59. The SMILES string of the molecule is CC=CC(=O)C1(C)CCCCC1C(C)C. The molecule has 15 heavy (non-hydrogen) atoms. The molecule has 0 spiro atoms. The van der Waals surface area contributed by atoms with Crippen molar-refractivity contribution in [3.8, 4) is 0 Å². The average molecular weight is 208 g/mol. The maximum Gasteiger partial charge on any atom is 0.161 e. The van der Waals surface area contributed by atoms with Gasteiger partial charge < -0.3 is 0 Å². The maximum atomic E-state index is 12.1. The number of hydrogen-bond donors (Lipinski definition) is 0. The molecule has 1 aliphatic carbocycles. The van der Waals surface area contributed by atoms with Gasteiger partial charge in [-0.05, 0) is 37.7 Å². The van der Waals surface area contributed by atoms with Crippen molar-refractivity contribution in [2.45, 2.75) is 53.4 Å². The van der Waals surface area contributed by atoms with Crippen molar-refractivity contribution in [3.63, 3.8) is 0 Å². The number of carbonyl (C=O) groups is 1. The summed E-state index contributed by atoms with van der Waals surface area (Å²) in [6, 6.07) is 0. The van der Waals surface area contributed by atoms with Gasteiger partial charge in [0, 0.05) is 5.41 Å². The van der Waals surface area contributed by atoms with E-state index in [0.29, 0.717) is 17.6 Å². The Hall–Kier alpha value is -0.590. The predicted octanol–water partition coefficient (Wildman–Crippen LogP) is 3.98. The molecule has 0 saturated heterocycles. The molecule has 1 rings (SSSR count). The third kappa shape index (κ3) is 2.50. The molecular weight excluding hydrogens is 184 g/mol. The number of hydrogen-bond acceptors (Lipinski definition) is 1. The van der Waals surface area contributed by atoms with Crippen LogP contribution >= 0.6 is 0 Å². The van der Waals surface area contributed by atoms with Gasteiger partial charge in [0.2, 0.25) is 0 Å². The Morgan fingerprint density at radius 2 is 2.07 bits per heavy atom. The molecule has 2 unspecified atom stereocenters. The molecule has 1 saturated carbocycles. The van der Waals surface area contributed by atoms with Crippen molar-refractivity contribution in [1.82, 2.24) is 0 Å². The van der Waals surface area contributed by atoms with Crippen LogP contribution in [0.3, 0.4) is 0 Å². The fourth-order valence-electron chi connectivity index (χ4n) is 3.08. The van der Waals surface area contributed by atoms with Crippen LogP contribution < -0.4 is 0 Å².